The summed E-state index contributed by atoms with van der Waals surface area (Å²) in [7, 11) is 1.47. The summed E-state index contributed by atoms with van der Waals surface area (Å²) in [6.07, 6.45) is 1.28. The fourth-order valence-corrected chi connectivity index (χ4v) is 2.00. The van der Waals surface area contributed by atoms with Crippen LogP contribution in [0.4, 0.5) is 10.1 Å². The van der Waals surface area contributed by atoms with Gasteiger partial charge in [0.1, 0.15) is 11.4 Å². The summed E-state index contributed by atoms with van der Waals surface area (Å²) in [5.41, 5.74) is -1.56. The van der Waals surface area contributed by atoms with E-state index in [-0.39, 0.29) is 23.8 Å². The van der Waals surface area contributed by atoms with Crippen molar-refractivity contribution in [2.45, 2.75) is 31.9 Å². The summed E-state index contributed by atoms with van der Waals surface area (Å²) in [6.45, 7) is 3.24. The van der Waals surface area contributed by atoms with Crippen molar-refractivity contribution in [2.75, 3.05) is 7.11 Å². The number of nitro benzene ring substituents is 1. The smallest absolute Gasteiger partial charge is 0.270 e. The molecule has 1 unspecified atom stereocenters. The zero-order valence-corrected chi connectivity index (χ0v) is 11.4. The lowest BCUT2D eigenvalue weighted by Gasteiger charge is -2.27. The number of isocyanates is 1. The molecule has 20 heavy (non-hydrogen) atoms. The van der Waals surface area contributed by atoms with Crippen LogP contribution >= 0.6 is 0 Å². The first-order chi connectivity index (χ1) is 9.34. The van der Waals surface area contributed by atoms with Crippen molar-refractivity contribution < 1.29 is 18.8 Å². The van der Waals surface area contributed by atoms with E-state index < -0.39 is 16.3 Å². The monoisotopic (exact) mass is 282 g/mol. The largest absolute Gasteiger partial charge is 0.382 e. The van der Waals surface area contributed by atoms with Crippen LogP contribution in [0, 0.1) is 15.9 Å². The van der Waals surface area contributed by atoms with Gasteiger partial charge < -0.3 is 4.74 Å². The van der Waals surface area contributed by atoms with Gasteiger partial charge in [0.2, 0.25) is 6.08 Å². The Balaban J connectivity index is 3.37. The lowest BCUT2D eigenvalue weighted by Crippen LogP contribution is -2.27. The number of halogens is 1. The fourth-order valence-electron chi connectivity index (χ4n) is 2.00. The summed E-state index contributed by atoms with van der Waals surface area (Å²) in [4.78, 5) is 24.4. The highest BCUT2D eigenvalue weighted by Gasteiger charge is 2.33. The summed E-state index contributed by atoms with van der Waals surface area (Å²) < 4.78 is 19.0. The fraction of sp³-hybridized carbons (Fsp3) is 0.462. The van der Waals surface area contributed by atoms with Crippen LogP contribution in [-0.2, 0) is 15.1 Å². The van der Waals surface area contributed by atoms with Gasteiger partial charge in [-0.05, 0) is 19.9 Å². The van der Waals surface area contributed by atoms with Gasteiger partial charge in [-0.15, -0.1) is 0 Å². The lowest BCUT2D eigenvalue weighted by molar-refractivity contribution is -0.385. The van der Waals surface area contributed by atoms with Crippen molar-refractivity contribution in [3.63, 3.8) is 0 Å². The molecular formula is C13H15FN2O4. The third-order valence-corrected chi connectivity index (χ3v) is 3.12. The minimum absolute atomic E-state index is 0.0287. The quantitative estimate of drug-likeness (QED) is 0.347. The Morgan fingerprint density at radius 1 is 1.60 bits per heavy atom. The van der Waals surface area contributed by atoms with Crippen LogP contribution < -0.4 is 0 Å². The minimum atomic E-state index is -1.27. The first-order valence-corrected chi connectivity index (χ1v) is 5.90. The Morgan fingerprint density at radius 2 is 2.25 bits per heavy atom. The molecule has 0 aliphatic heterocycles. The molecule has 0 amide bonds. The van der Waals surface area contributed by atoms with Gasteiger partial charge in [-0.1, -0.05) is 0 Å². The van der Waals surface area contributed by atoms with Crippen molar-refractivity contribution in [3.8, 4) is 0 Å². The van der Waals surface area contributed by atoms with E-state index in [1.54, 1.807) is 6.92 Å². The van der Waals surface area contributed by atoms with Gasteiger partial charge in [-0.2, -0.15) is 4.99 Å². The second-order valence-corrected chi connectivity index (χ2v) is 4.65. The first kappa shape index (κ1) is 15.9. The van der Waals surface area contributed by atoms with Crippen LogP contribution in [0.25, 0.3) is 0 Å². The maximum atomic E-state index is 14.0. The van der Waals surface area contributed by atoms with Gasteiger partial charge in [0, 0.05) is 31.2 Å². The number of nitro groups is 1. The number of carbonyl (C=O) groups excluding carboxylic acids is 1. The Labute approximate surface area is 115 Å². The number of methoxy groups -OCH3 is 1. The van der Waals surface area contributed by atoms with Gasteiger partial charge in [0.25, 0.3) is 5.69 Å². The van der Waals surface area contributed by atoms with Crippen LogP contribution in [0.2, 0.25) is 0 Å². The van der Waals surface area contributed by atoms with Gasteiger partial charge in [-0.25, -0.2) is 9.18 Å². The molecule has 0 saturated heterocycles. The maximum absolute atomic E-state index is 14.0. The van der Waals surface area contributed by atoms with Crippen LogP contribution in [0.5, 0.6) is 0 Å². The van der Waals surface area contributed by atoms with Crippen LogP contribution in [0.15, 0.2) is 23.2 Å². The third-order valence-electron chi connectivity index (χ3n) is 3.12. The van der Waals surface area contributed by atoms with Crippen LogP contribution in [-0.4, -0.2) is 24.2 Å². The highest BCUT2D eigenvalue weighted by Crippen LogP contribution is 2.34. The second-order valence-electron chi connectivity index (χ2n) is 4.65. The molecule has 0 spiro atoms. The van der Waals surface area contributed by atoms with E-state index in [9.17, 15) is 19.3 Å². The molecule has 1 aromatic rings. The van der Waals surface area contributed by atoms with Crippen molar-refractivity contribution in [2.24, 2.45) is 4.99 Å². The van der Waals surface area contributed by atoms with Gasteiger partial charge in [-0.3, -0.25) is 10.1 Å². The van der Waals surface area contributed by atoms with Crippen molar-refractivity contribution in [1.82, 2.24) is 0 Å². The molecule has 0 aliphatic rings. The Morgan fingerprint density at radius 3 is 2.75 bits per heavy atom. The summed E-state index contributed by atoms with van der Waals surface area (Å²) in [5.74, 6) is -0.666. The van der Waals surface area contributed by atoms with E-state index in [0.717, 1.165) is 18.2 Å². The van der Waals surface area contributed by atoms with E-state index in [1.807, 2.05) is 0 Å². The molecule has 0 radical (unpaired) electrons. The highest BCUT2D eigenvalue weighted by molar-refractivity contribution is 5.42. The summed E-state index contributed by atoms with van der Waals surface area (Å²) in [6, 6.07) is 3.13. The van der Waals surface area contributed by atoms with Crippen molar-refractivity contribution in [3.05, 3.63) is 39.7 Å². The number of aliphatic imine (C=N–C) groups is 1. The molecule has 108 valence electrons. The molecule has 0 aliphatic carbocycles. The summed E-state index contributed by atoms with van der Waals surface area (Å²) >= 11 is 0. The maximum Gasteiger partial charge on any atom is 0.270 e. The SMILES string of the molecule is COC(C)C[C@](C)(N=C=O)c1cc([N+](=O)[O-])ccc1F. The molecule has 0 aromatic heterocycles. The zero-order chi connectivity index (χ0) is 15.3. The van der Waals surface area contributed by atoms with Gasteiger partial charge in [0.15, 0.2) is 0 Å². The highest BCUT2D eigenvalue weighted by atomic mass is 19.1. The number of non-ortho nitro benzene ring substituents is 1. The molecular weight excluding hydrogens is 267 g/mol. The zero-order valence-electron chi connectivity index (χ0n) is 11.4. The van der Waals surface area contributed by atoms with Gasteiger partial charge in [0.05, 0.1) is 11.0 Å². The van der Waals surface area contributed by atoms with Crippen LogP contribution in [0.1, 0.15) is 25.8 Å². The molecule has 1 rings (SSSR count). The average Bonchev–Trinajstić information content (AvgIpc) is 2.38. The number of ether oxygens (including phenoxy) is 1. The normalized spacial score (nSPS) is 15.0. The van der Waals surface area contributed by atoms with E-state index in [0.29, 0.717) is 0 Å². The standard InChI is InChI=1S/C13H15FN2O4/c1-9(20-3)7-13(2,15-8-17)11-6-10(16(18)19)4-5-12(11)14/h4-6,9H,7H2,1-3H3/t9?,13-/m0/s1. The van der Waals surface area contributed by atoms with Crippen LogP contribution in [0.3, 0.4) is 0 Å². The minimum Gasteiger partial charge on any atom is -0.382 e. The van der Waals surface area contributed by atoms with Gasteiger partial charge >= 0.3 is 0 Å². The Bertz CT molecular complexity index is 557. The Kier molecular flexibility index (Phi) is 5.07. The van der Waals surface area contributed by atoms with E-state index >= 15 is 0 Å². The predicted molar refractivity (Wildman–Crippen MR) is 69.6 cm³/mol. The molecule has 0 N–H and O–H groups in total. The molecule has 0 heterocycles. The molecule has 2 atom stereocenters. The number of benzene rings is 1. The van der Waals surface area contributed by atoms with E-state index in [4.69, 9.17) is 4.74 Å². The topological polar surface area (TPSA) is 81.8 Å². The number of hydrogen-bond acceptors (Lipinski definition) is 5. The molecule has 0 fully saturated rings. The molecule has 1 aromatic carbocycles. The summed E-state index contributed by atoms with van der Waals surface area (Å²) in [5, 5.41) is 10.8. The first-order valence-electron chi connectivity index (χ1n) is 5.90. The average molecular weight is 282 g/mol. The third kappa shape index (κ3) is 3.46. The second kappa shape index (κ2) is 6.36. The predicted octanol–water partition coefficient (Wildman–Crippen LogP) is 2.71. The molecule has 6 nitrogen and oxygen atoms in total. The number of nitrogens with zero attached hydrogens (tertiary/aromatic N) is 2. The van der Waals surface area contributed by atoms with E-state index in [2.05, 4.69) is 4.99 Å². The number of rotatable bonds is 6. The van der Waals surface area contributed by atoms with Crippen molar-refractivity contribution >= 4 is 11.8 Å². The molecule has 7 heteroatoms. The number of hydrogen-bond donors (Lipinski definition) is 0. The molecule has 0 bridgehead atoms. The molecule has 0 saturated carbocycles. The Hall–Kier alpha value is -2.11. The lowest BCUT2D eigenvalue weighted by atomic mass is 9.86. The van der Waals surface area contributed by atoms with Crippen molar-refractivity contribution in [1.29, 1.82) is 0 Å². The van der Waals surface area contributed by atoms with E-state index in [1.165, 1.54) is 20.1 Å².